The van der Waals surface area contributed by atoms with Gasteiger partial charge < -0.3 is 15.3 Å². The van der Waals surface area contributed by atoms with Crippen molar-refractivity contribution < 1.29 is 23.1 Å². The summed E-state index contributed by atoms with van der Waals surface area (Å²) in [5.74, 6) is -0.784. The number of carbonyl (C=O) groups is 2. The molecule has 1 aliphatic rings. The van der Waals surface area contributed by atoms with Gasteiger partial charge >= 0.3 is 12.0 Å². The van der Waals surface area contributed by atoms with E-state index in [4.69, 9.17) is 5.11 Å². The van der Waals surface area contributed by atoms with Gasteiger partial charge in [0.2, 0.25) is 0 Å². The zero-order chi connectivity index (χ0) is 15.3. The van der Waals surface area contributed by atoms with Crippen LogP contribution < -0.4 is 5.32 Å². The van der Waals surface area contributed by atoms with Gasteiger partial charge in [-0.1, -0.05) is 0 Å². The van der Waals surface area contributed by atoms with E-state index >= 15 is 0 Å². The maximum Gasteiger partial charge on any atom is 0.317 e. The Morgan fingerprint density at radius 3 is 2.35 bits per heavy atom. The number of nitrogens with zero attached hydrogens (tertiary/aromatic N) is 1. The van der Waals surface area contributed by atoms with Gasteiger partial charge in [0.25, 0.3) is 0 Å². The van der Waals surface area contributed by atoms with Gasteiger partial charge in [0, 0.05) is 31.8 Å². The Labute approximate surface area is 119 Å². The third-order valence-corrected chi connectivity index (χ3v) is 4.39. The highest BCUT2D eigenvalue weighted by Gasteiger charge is 2.25. The van der Waals surface area contributed by atoms with Crippen LogP contribution in [0.25, 0.3) is 0 Å². The second kappa shape index (κ2) is 6.92. The highest BCUT2D eigenvalue weighted by atomic mass is 32.2. The van der Waals surface area contributed by atoms with Crippen molar-refractivity contribution in [2.24, 2.45) is 5.92 Å². The quantitative estimate of drug-likeness (QED) is 0.761. The average Bonchev–Trinajstić information content (AvgIpc) is 2.26. The minimum absolute atomic E-state index is 0.0891. The van der Waals surface area contributed by atoms with Crippen LogP contribution in [0.5, 0.6) is 0 Å². The lowest BCUT2D eigenvalue weighted by Gasteiger charge is -2.32. The summed E-state index contributed by atoms with van der Waals surface area (Å²) < 4.78 is 22.2. The first kappa shape index (κ1) is 16.7. The molecule has 7 nitrogen and oxygen atoms in total. The SMILES string of the molecule is CC(CS(C)(=O)=O)NC(=O)N1CCC(CC(=O)O)CC1. The molecule has 1 rings (SSSR count). The molecule has 1 heterocycles. The third-order valence-electron chi connectivity index (χ3n) is 3.29. The summed E-state index contributed by atoms with van der Waals surface area (Å²) in [5.41, 5.74) is 0. The van der Waals surface area contributed by atoms with Crippen molar-refractivity contribution >= 4 is 21.8 Å². The molecule has 0 saturated carbocycles. The van der Waals surface area contributed by atoms with Crippen LogP contribution in [0.2, 0.25) is 0 Å². The number of hydrogen-bond acceptors (Lipinski definition) is 4. The van der Waals surface area contributed by atoms with Gasteiger partial charge in [0.05, 0.1) is 5.75 Å². The summed E-state index contributed by atoms with van der Waals surface area (Å²) in [6.07, 6.45) is 2.60. The lowest BCUT2D eigenvalue weighted by Crippen LogP contribution is -2.48. The van der Waals surface area contributed by atoms with Gasteiger partial charge in [-0.05, 0) is 25.7 Å². The van der Waals surface area contributed by atoms with Crippen molar-refractivity contribution in [2.75, 3.05) is 25.1 Å². The summed E-state index contributed by atoms with van der Waals surface area (Å²) in [4.78, 5) is 24.1. The maximum absolute atomic E-state index is 11.9. The molecule has 0 bridgehead atoms. The summed E-state index contributed by atoms with van der Waals surface area (Å²) in [6, 6.07) is -0.718. The van der Waals surface area contributed by atoms with E-state index in [9.17, 15) is 18.0 Å². The summed E-state index contributed by atoms with van der Waals surface area (Å²) in [7, 11) is -3.12. The molecule has 20 heavy (non-hydrogen) atoms. The van der Waals surface area contributed by atoms with Crippen LogP contribution in [0.15, 0.2) is 0 Å². The molecule has 1 fully saturated rings. The number of nitrogens with one attached hydrogen (secondary N) is 1. The minimum Gasteiger partial charge on any atom is -0.481 e. The Bertz CT molecular complexity index is 454. The number of carboxylic acids is 1. The molecule has 0 aromatic carbocycles. The number of rotatable bonds is 5. The van der Waals surface area contributed by atoms with E-state index in [0.717, 1.165) is 6.26 Å². The van der Waals surface area contributed by atoms with E-state index in [1.54, 1.807) is 11.8 Å². The average molecular weight is 306 g/mol. The molecule has 0 radical (unpaired) electrons. The van der Waals surface area contributed by atoms with E-state index in [1.165, 1.54) is 0 Å². The first-order valence-electron chi connectivity index (χ1n) is 6.62. The first-order chi connectivity index (χ1) is 9.17. The van der Waals surface area contributed by atoms with Crippen LogP contribution >= 0.6 is 0 Å². The monoisotopic (exact) mass is 306 g/mol. The molecule has 1 atom stereocenters. The second-order valence-corrected chi connectivity index (χ2v) is 7.66. The topological polar surface area (TPSA) is 104 Å². The van der Waals surface area contributed by atoms with Gasteiger partial charge in [-0.25, -0.2) is 13.2 Å². The summed E-state index contributed by atoms with van der Waals surface area (Å²) in [6.45, 7) is 2.67. The van der Waals surface area contributed by atoms with Gasteiger partial charge in [0.1, 0.15) is 9.84 Å². The zero-order valence-corrected chi connectivity index (χ0v) is 12.6. The Morgan fingerprint density at radius 1 is 1.35 bits per heavy atom. The summed E-state index contributed by atoms with van der Waals surface area (Å²) >= 11 is 0. The van der Waals surface area contributed by atoms with Gasteiger partial charge in [-0.3, -0.25) is 4.79 Å². The highest BCUT2D eigenvalue weighted by Crippen LogP contribution is 2.20. The molecule has 116 valence electrons. The van der Waals surface area contributed by atoms with E-state index < -0.39 is 21.8 Å². The Balaban J connectivity index is 2.37. The minimum atomic E-state index is -3.12. The third kappa shape index (κ3) is 6.23. The lowest BCUT2D eigenvalue weighted by atomic mass is 9.94. The van der Waals surface area contributed by atoms with Gasteiger partial charge in [0.15, 0.2) is 0 Å². The molecule has 0 aromatic rings. The molecule has 1 unspecified atom stereocenters. The molecule has 8 heteroatoms. The second-order valence-electron chi connectivity index (χ2n) is 5.47. The van der Waals surface area contributed by atoms with Crippen LogP contribution in [-0.2, 0) is 14.6 Å². The van der Waals surface area contributed by atoms with E-state index in [1.807, 2.05) is 0 Å². The Morgan fingerprint density at radius 2 is 1.90 bits per heavy atom. The predicted molar refractivity (Wildman–Crippen MR) is 74.3 cm³/mol. The van der Waals surface area contributed by atoms with Gasteiger partial charge in [-0.2, -0.15) is 0 Å². The standard InChI is InChI=1S/C12H22N2O5S/c1-9(8-20(2,18)19)13-12(17)14-5-3-10(4-6-14)7-11(15)16/h9-10H,3-8H2,1-2H3,(H,13,17)(H,15,16). The molecule has 2 amide bonds. The van der Waals surface area contributed by atoms with Crippen molar-refractivity contribution in [3.8, 4) is 0 Å². The smallest absolute Gasteiger partial charge is 0.317 e. The largest absolute Gasteiger partial charge is 0.481 e. The number of amides is 2. The van der Waals surface area contributed by atoms with Crippen molar-refractivity contribution in [3.63, 3.8) is 0 Å². The molecule has 0 spiro atoms. The van der Waals surface area contributed by atoms with Crippen molar-refractivity contribution in [1.29, 1.82) is 0 Å². The fourth-order valence-electron chi connectivity index (χ4n) is 2.38. The normalized spacial score (nSPS) is 18.6. The number of sulfone groups is 1. The first-order valence-corrected chi connectivity index (χ1v) is 8.68. The summed E-state index contributed by atoms with van der Waals surface area (Å²) in [5, 5.41) is 11.4. The molecule has 1 aliphatic heterocycles. The number of urea groups is 1. The maximum atomic E-state index is 11.9. The molecular weight excluding hydrogens is 284 g/mol. The Hall–Kier alpha value is -1.31. The number of carboxylic acid groups (broad SMARTS) is 1. The van der Waals surface area contributed by atoms with Crippen LogP contribution in [0.4, 0.5) is 4.79 Å². The fraction of sp³-hybridized carbons (Fsp3) is 0.833. The number of aliphatic carboxylic acids is 1. The van der Waals surface area contributed by atoms with E-state index in [2.05, 4.69) is 5.32 Å². The van der Waals surface area contributed by atoms with Crippen LogP contribution in [-0.4, -0.2) is 61.6 Å². The van der Waals surface area contributed by atoms with Crippen LogP contribution in [0.1, 0.15) is 26.2 Å². The molecule has 1 saturated heterocycles. The number of carbonyl (C=O) groups excluding carboxylic acids is 1. The Kier molecular flexibility index (Phi) is 5.79. The van der Waals surface area contributed by atoms with Crippen molar-refractivity contribution in [3.05, 3.63) is 0 Å². The van der Waals surface area contributed by atoms with Crippen LogP contribution in [0, 0.1) is 5.92 Å². The number of likely N-dealkylation sites (tertiary alicyclic amines) is 1. The van der Waals surface area contributed by atoms with Crippen molar-refractivity contribution in [1.82, 2.24) is 10.2 Å². The number of hydrogen-bond donors (Lipinski definition) is 2. The number of piperidine rings is 1. The predicted octanol–water partition coefficient (Wildman–Crippen LogP) is 0.316. The molecule has 0 aliphatic carbocycles. The van der Waals surface area contributed by atoms with Crippen LogP contribution in [0.3, 0.4) is 0 Å². The van der Waals surface area contributed by atoms with E-state index in [-0.39, 0.29) is 24.1 Å². The fourth-order valence-corrected chi connectivity index (χ4v) is 3.38. The molecular formula is C12H22N2O5S. The highest BCUT2D eigenvalue weighted by molar-refractivity contribution is 7.90. The zero-order valence-electron chi connectivity index (χ0n) is 11.8. The molecule has 0 aromatic heterocycles. The molecule has 2 N–H and O–H groups in total. The van der Waals surface area contributed by atoms with Gasteiger partial charge in [-0.15, -0.1) is 0 Å². The van der Waals surface area contributed by atoms with Crippen molar-refractivity contribution in [2.45, 2.75) is 32.2 Å². The van der Waals surface area contributed by atoms with E-state index in [0.29, 0.717) is 25.9 Å². The lowest BCUT2D eigenvalue weighted by molar-refractivity contribution is -0.138.